The number of anilines is 2. The van der Waals surface area contributed by atoms with Crippen LogP contribution in [0.4, 0.5) is 24.7 Å². The van der Waals surface area contributed by atoms with Crippen LogP contribution in [0.3, 0.4) is 0 Å². The van der Waals surface area contributed by atoms with E-state index in [2.05, 4.69) is 9.97 Å². The second kappa shape index (κ2) is 8.42. The summed E-state index contributed by atoms with van der Waals surface area (Å²) < 4.78 is 45.6. The maximum atomic E-state index is 13.4. The minimum atomic E-state index is -4.34. The number of hydrogen-bond acceptors (Lipinski definition) is 7. The molecular weight excluding hydrogens is 423 g/mol. The Labute approximate surface area is 182 Å². The molecule has 0 amide bonds. The van der Waals surface area contributed by atoms with E-state index in [1.807, 2.05) is 6.92 Å². The molecule has 0 aliphatic carbocycles. The fourth-order valence-corrected chi connectivity index (χ4v) is 4.20. The Morgan fingerprint density at radius 1 is 1.31 bits per heavy atom. The van der Waals surface area contributed by atoms with Crippen molar-refractivity contribution >= 4 is 28.5 Å². The quantitative estimate of drug-likeness (QED) is 0.576. The summed E-state index contributed by atoms with van der Waals surface area (Å²) in [6.45, 7) is 2.01. The number of carbonyl (C=O) groups is 1. The lowest BCUT2D eigenvalue weighted by atomic mass is 9.93. The van der Waals surface area contributed by atoms with E-state index >= 15 is 0 Å². The highest BCUT2D eigenvalue weighted by Gasteiger charge is 2.44. The van der Waals surface area contributed by atoms with Crippen molar-refractivity contribution < 1.29 is 22.4 Å². The Kier molecular flexibility index (Phi) is 5.81. The summed E-state index contributed by atoms with van der Waals surface area (Å²) in [6.07, 6.45) is 0.813. The van der Waals surface area contributed by atoms with Crippen molar-refractivity contribution in [1.82, 2.24) is 9.97 Å². The van der Waals surface area contributed by atoms with Crippen LogP contribution in [-0.4, -0.2) is 41.1 Å². The van der Waals surface area contributed by atoms with Crippen molar-refractivity contribution in [2.75, 3.05) is 23.7 Å². The molecule has 0 unspecified atom stereocenters. The summed E-state index contributed by atoms with van der Waals surface area (Å²) in [5.41, 5.74) is 14.8. The van der Waals surface area contributed by atoms with Crippen LogP contribution in [0.1, 0.15) is 34.8 Å². The number of halogens is 3. The van der Waals surface area contributed by atoms with Gasteiger partial charge in [-0.15, -0.1) is 0 Å². The number of nitrogen functional groups attached to an aromatic ring is 1. The number of furan rings is 1. The zero-order valence-corrected chi connectivity index (χ0v) is 17.5. The molecule has 1 aliphatic rings. The summed E-state index contributed by atoms with van der Waals surface area (Å²) in [6, 6.07) is 2.77. The molecule has 0 spiro atoms. The maximum absolute atomic E-state index is 13.4. The van der Waals surface area contributed by atoms with Gasteiger partial charge in [0.05, 0.1) is 5.92 Å². The second-order valence-corrected chi connectivity index (χ2v) is 8.13. The van der Waals surface area contributed by atoms with E-state index in [1.165, 1.54) is 12.4 Å². The zero-order chi connectivity index (χ0) is 23.0. The largest absolute Gasteiger partial charge is 0.438 e. The molecule has 32 heavy (non-hydrogen) atoms. The number of aromatic nitrogens is 2. The monoisotopic (exact) mass is 447 g/mol. The minimum absolute atomic E-state index is 0.0340. The fraction of sp³-hybridized carbons (Fsp3) is 0.409. The average molecular weight is 447 g/mol. The molecule has 7 nitrogen and oxygen atoms in total. The van der Waals surface area contributed by atoms with Crippen LogP contribution in [-0.2, 0) is 12.8 Å². The highest BCUT2D eigenvalue weighted by molar-refractivity contribution is 6.10. The lowest BCUT2D eigenvalue weighted by Gasteiger charge is -2.39. The van der Waals surface area contributed by atoms with Gasteiger partial charge in [-0.05, 0) is 30.5 Å². The third kappa shape index (κ3) is 4.27. The SMILES string of the molecule is CCc1cnc2c(C(=O)Cc3cnccc3N3C[C@@H](N)C[C@@H](C(F)(F)F)C3)c(N)oc2c1. The van der Waals surface area contributed by atoms with Crippen LogP contribution in [0.2, 0.25) is 0 Å². The predicted octanol–water partition coefficient (Wildman–Crippen LogP) is 3.51. The van der Waals surface area contributed by atoms with E-state index < -0.39 is 18.1 Å². The van der Waals surface area contributed by atoms with Crippen LogP contribution in [0, 0.1) is 5.92 Å². The number of rotatable bonds is 5. The number of carbonyl (C=O) groups excluding carboxylic acids is 1. The van der Waals surface area contributed by atoms with E-state index in [4.69, 9.17) is 15.9 Å². The molecule has 170 valence electrons. The number of alkyl halides is 3. The molecule has 10 heteroatoms. The minimum Gasteiger partial charge on any atom is -0.438 e. The third-order valence-electron chi connectivity index (χ3n) is 5.81. The van der Waals surface area contributed by atoms with Gasteiger partial charge in [-0.1, -0.05) is 6.92 Å². The number of piperidine rings is 1. The first-order chi connectivity index (χ1) is 15.2. The van der Waals surface area contributed by atoms with Crippen molar-refractivity contribution in [3.8, 4) is 0 Å². The summed E-state index contributed by atoms with van der Waals surface area (Å²) in [4.78, 5) is 23.1. The molecule has 0 aromatic carbocycles. The number of pyridine rings is 2. The Balaban J connectivity index is 1.63. The van der Waals surface area contributed by atoms with Gasteiger partial charge in [0.2, 0.25) is 5.88 Å². The number of Topliss-reactive ketones (excluding diaryl/α,β-unsaturated/α-hetero) is 1. The lowest BCUT2D eigenvalue weighted by molar-refractivity contribution is -0.177. The van der Waals surface area contributed by atoms with Crippen LogP contribution in [0.5, 0.6) is 0 Å². The summed E-state index contributed by atoms with van der Waals surface area (Å²) in [5, 5.41) is 0. The molecule has 3 aromatic rings. The van der Waals surface area contributed by atoms with Gasteiger partial charge in [0.15, 0.2) is 11.4 Å². The molecule has 3 aromatic heterocycles. The molecule has 0 bridgehead atoms. The topological polar surface area (TPSA) is 111 Å². The molecule has 2 atom stereocenters. The first-order valence-corrected chi connectivity index (χ1v) is 10.4. The van der Waals surface area contributed by atoms with Crippen molar-refractivity contribution in [2.24, 2.45) is 11.7 Å². The van der Waals surface area contributed by atoms with Crippen molar-refractivity contribution in [1.29, 1.82) is 0 Å². The molecule has 0 radical (unpaired) electrons. The van der Waals surface area contributed by atoms with Gasteiger partial charge in [-0.2, -0.15) is 13.2 Å². The Morgan fingerprint density at radius 3 is 2.81 bits per heavy atom. The first kappa shape index (κ1) is 22.1. The number of nitrogens with zero attached hydrogens (tertiary/aromatic N) is 3. The number of ketones is 1. The number of fused-ring (bicyclic) bond motifs is 1. The van der Waals surface area contributed by atoms with Gasteiger partial charge in [-0.25, -0.2) is 0 Å². The van der Waals surface area contributed by atoms with Gasteiger partial charge in [-0.3, -0.25) is 14.8 Å². The fourth-order valence-electron chi connectivity index (χ4n) is 4.20. The molecule has 1 saturated heterocycles. The van der Waals surface area contributed by atoms with E-state index in [0.29, 0.717) is 22.4 Å². The van der Waals surface area contributed by atoms with Crippen LogP contribution in [0.25, 0.3) is 11.1 Å². The van der Waals surface area contributed by atoms with E-state index in [9.17, 15) is 18.0 Å². The molecule has 4 heterocycles. The Bertz CT molecular complexity index is 1140. The Morgan fingerprint density at radius 2 is 2.09 bits per heavy atom. The van der Waals surface area contributed by atoms with Gasteiger partial charge in [0, 0.05) is 55.4 Å². The standard InChI is InChI=1S/C22H24F3N5O2/c1-2-12-5-18-20(29-8-12)19(21(27)32-18)17(31)6-13-9-28-4-3-16(13)30-10-14(22(23,24)25)7-15(26)11-30/h3-5,8-9,14-15H,2,6-7,10-11,26-27H2,1H3/t14-,15+/m1/s1. The summed E-state index contributed by atoms with van der Waals surface area (Å²) >= 11 is 0. The predicted molar refractivity (Wildman–Crippen MR) is 114 cm³/mol. The zero-order valence-electron chi connectivity index (χ0n) is 17.5. The van der Waals surface area contributed by atoms with Gasteiger partial charge < -0.3 is 20.8 Å². The second-order valence-electron chi connectivity index (χ2n) is 8.13. The maximum Gasteiger partial charge on any atom is 0.393 e. The highest BCUT2D eigenvalue weighted by atomic mass is 19.4. The molecule has 4 N–H and O–H groups in total. The molecule has 1 aliphatic heterocycles. The highest BCUT2D eigenvalue weighted by Crippen LogP contribution is 2.36. The third-order valence-corrected chi connectivity index (χ3v) is 5.81. The summed E-state index contributed by atoms with van der Waals surface area (Å²) in [7, 11) is 0. The average Bonchev–Trinajstić information content (AvgIpc) is 3.07. The first-order valence-electron chi connectivity index (χ1n) is 10.4. The van der Waals surface area contributed by atoms with Gasteiger partial charge >= 0.3 is 6.18 Å². The van der Waals surface area contributed by atoms with Crippen molar-refractivity contribution in [2.45, 2.75) is 38.4 Å². The van der Waals surface area contributed by atoms with Crippen molar-refractivity contribution in [3.05, 3.63) is 47.4 Å². The lowest BCUT2D eigenvalue weighted by Crippen LogP contribution is -2.51. The van der Waals surface area contributed by atoms with E-state index in [1.54, 1.807) is 23.2 Å². The number of aryl methyl sites for hydroxylation is 1. The molecule has 4 rings (SSSR count). The van der Waals surface area contributed by atoms with E-state index in [-0.39, 0.29) is 43.2 Å². The van der Waals surface area contributed by atoms with Gasteiger partial charge in [0.25, 0.3) is 0 Å². The molecular formula is C22H24F3N5O2. The van der Waals surface area contributed by atoms with Gasteiger partial charge in [0.1, 0.15) is 11.1 Å². The Hall–Kier alpha value is -3.14. The molecule has 1 fully saturated rings. The smallest absolute Gasteiger partial charge is 0.393 e. The molecule has 0 saturated carbocycles. The van der Waals surface area contributed by atoms with E-state index in [0.717, 1.165) is 12.0 Å². The van der Waals surface area contributed by atoms with Crippen LogP contribution >= 0.6 is 0 Å². The normalized spacial score (nSPS) is 19.5. The van der Waals surface area contributed by atoms with Crippen molar-refractivity contribution in [3.63, 3.8) is 0 Å². The number of nitrogens with two attached hydrogens (primary N) is 2. The number of hydrogen-bond donors (Lipinski definition) is 2. The van der Waals surface area contributed by atoms with Crippen LogP contribution in [0.15, 0.2) is 35.1 Å². The van der Waals surface area contributed by atoms with Crippen LogP contribution < -0.4 is 16.4 Å². The summed E-state index contributed by atoms with van der Waals surface area (Å²) in [5.74, 6) is -1.91.